The molecule has 9 rings (SSSR count). The molecule has 2 heterocycles. The summed E-state index contributed by atoms with van der Waals surface area (Å²) in [6, 6.07) is 59.3. The van der Waals surface area contributed by atoms with Crippen molar-refractivity contribution in [3.8, 4) is 44.6 Å². The minimum atomic E-state index is 0.380. The van der Waals surface area contributed by atoms with E-state index in [9.17, 15) is 0 Å². The van der Waals surface area contributed by atoms with Gasteiger partial charge in [0.25, 0.3) is 0 Å². The number of nitrogens with one attached hydrogen (secondary N) is 1. The summed E-state index contributed by atoms with van der Waals surface area (Å²) in [6.45, 7) is 9.44. The van der Waals surface area contributed by atoms with Gasteiger partial charge >= 0.3 is 0 Å². The van der Waals surface area contributed by atoms with E-state index in [0.29, 0.717) is 18.2 Å². The van der Waals surface area contributed by atoms with Crippen LogP contribution in [0.1, 0.15) is 33.4 Å². The number of anilines is 1. The summed E-state index contributed by atoms with van der Waals surface area (Å²) < 4.78 is 0. The molecule has 1 N–H and O–H groups in total. The Morgan fingerprint density at radius 3 is 2.08 bits per heavy atom. The lowest BCUT2D eigenvalue weighted by Gasteiger charge is -2.17. The van der Waals surface area contributed by atoms with Crippen molar-refractivity contribution < 1.29 is 0 Å². The lowest BCUT2D eigenvalue weighted by atomic mass is 9.89. The molecule has 0 bridgehead atoms. The number of aromatic nitrogens is 1. The van der Waals surface area contributed by atoms with E-state index in [1.165, 1.54) is 27.8 Å². The number of hydrogen-bond donors (Lipinski definition) is 1. The zero-order chi connectivity index (χ0) is 40.1. The molecule has 0 radical (unpaired) electrons. The van der Waals surface area contributed by atoms with Crippen molar-refractivity contribution in [2.75, 3.05) is 11.9 Å². The molecule has 284 valence electrons. The molecular formula is C54H43N5. The lowest BCUT2D eigenvalue weighted by Crippen LogP contribution is -2.06. The smallest absolute Gasteiger partial charge is 0.161 e. The Kier molecular flexibility index (Phi) is 10.4. The fraction of sp³-hybridized carbons (Fsp3) is 0.0741. The van der Waals surface area contributed by atoms with E-state index < -0.39 is 0 Å². The summed E-state index contributed by atoms with van der Waals surface area (Å²) in [5.41, 5.74) is 17.4. The van der Waals surface area contributed by atoms with Gasteiger partial charge in [0, 0.05) is 28.6 Å². The Labute approximate surface area is 346 Å². The molecule has 0 aliphatic carbocycles. The molecule has 8 aromatic rings. The van der Waals surface area contributed by atoms with Gasteiger partial charge in [-0.2, -0.15) is 0 Å². The largest absolute Gasteiger partial charge is 0.379 e. The highest BCUT2D eigenvalue weighted by atomic mass is 15.0. The van der Waals surface area contributed by atoms with Crippen molar-refractivity contribution in [3.63, 3.8) is 0 Å². The van der Waals surface area contributed by atoms with Crippen LogP contribution < -0.4 is 5.32 Å². The van der Waals surface area contributed by atoms with E-state index in [4.69, 9.17) is 15.0 Å². The highest BCUT2D eigenvalue weighted by Gasteiger charge is 2.16. The molecule has 0 unspecified atom stereocenters. The second-order valence-corrected chi connectivity index (χ2v) is 14.8. The van der Waals surface area contributed by atoms with Crippen LogP contribution in [0, 0.1) is 13.8 Å². The van der Waals surface area contributed by atoms with E-state index in [1.807, 2.05) is 36.4 Å². The highest BCUT2D eigenvalue weighted by Crippen LogP contribution is 2.37. The Hall–Kier alpha value is -7.50. The molecule has 5 nitrogen and oxygen atoms in total. The number of nitrogens with zero attached hydrogens (tertiary/aromatic N) is 4. The number of aliphatic imine (C=N–C) groups is 3. The van der Waals surface area contributed by atoms with Crippen LogP contribution in [0.25, 0.3) is 61.6 Å². The van der Waals surface area contributed by atoms with Gasteiger partial charge in [-0.1, -0.05) is 158 Å². The van der Waals surface area contributed by atoms with Gasteiger partial charge in [-0.15, -0.1) is 0 Å². The van der Waals surface area contributed by atoms with Crippen molar-refractivity contribution in [2.24, 2.45) is 15.0 Å². The molecule has 0 fully saturated rings. The summed E-state index contributed by atoms with van der Waals surface area (Å²) in [6.07, 6.45) is 4.31. The summed E-state index contributed by atoms with van der Waals surface area (Å²) in [4.78, 5) is 20.0. The fourth-order valence-electron chi connectivity index (χ4n) is 7.92. The number of amidine groups is 2. The highest BCUT2D eigenvalue weighted by molar-refractivity contribution is 6.12. The molecule has 0 amide bonds. The monoisotopic (exact) mass is 761 g/mol. The Morgan fingerprint density at radius 1 is 0.610 bits per heavy atom. The minimum Gasteiger partial charge on any atom is -0.379 e. The number of aryl methyl sites for hydroxylation is 1. The maximum absolute atomic E-state index is 5.32. The first-order chi connectivity index (χ1) is 29.0. The van der Waals surface area contributed by atoms with E-state index in [1.54, 1.807) is 0 Å². The SMILES string of the molecule is C=N/C(=N\C(=N/Cc1cc(-c2ccc3ccc4c(c3n2)NCC=C4)cc(-c2cccc(-c3ccccc3C)c2C)c1)c1ccc(-c2ccccc2)cc1)c1ccccc1. The molecular weight excluding hydrogens is 719 g/mol. The number of hydrogen-bond acceptors (Lipinski definition) is 3. The number of pyridine rings is 1. The van der Waals surface area contributed by atoms with Crippen LogP contribution in [0.15, 0.2) is 191 Å². The molecule has 59 heavy (non-hydrogen) atoms. The molecule has 1 aliphatic heterocycles. The number of rotatable bonds is 8. The quantitative estimate of drug-likeness (QED) is 0.124. The molecule has 0 saturated heterocycles. The average molecular weight is 762 g/mol. The van der Waals surface area contributed by atoms with Gasteiger partial charge < -0.3 is 5.32 Å². The fourth-order valence-corrected chi connectivity index (χ4v) is 7.92. The average Bonchev–Trinajstić information content (AvgIpc) is 3.30. The van der Waals surface area contributed by atoms with Crippen molar-refractivity contribution in [1.29, 1.82) is 0 Å². The van der Waals surface area contributed by atoms with Gasteiger partial charge in [0.2, 0.25) is 0 Å². The van der Waals surface area contributed by atoms with Gasteiger partial charge in [-0.05, 0) is 100 Å². The second-order valence-electron chi connectivity index (χ2n) is 14.8. The van der Waals surface area contributed by atoms with Gasteiger partial charge in [0.1, 0.15) is 0 Å². The first-order valence-electron chi connectivity index (χ1n) is 20.0. The van der Waals surface area contributed by atoms with Crippen molar-refractivity contribution in [2.45, 2.75) is 20.4 Å². The predicted octanol–water partition coefficient (Wildman–Crippen LogP) is 13.1. The van der Waals surface area contributed by atoms with Crippen LogP contribution in [0.3, 0.4) is 0 Å². The van der Waals surface area contributed by atoms with Crippen LogP contribution in [0.5, 0.6) is 0 Å². The minimum absolute atomic E-state index is 0.380. The van der Waals surface area contributed by atoms with Gasteiger partial charge in [-0.3, -0.25) is 4.99 Å². The molecule has 7 aromatic carbocycles. The number of fused-ring (bicyclic) bond motifs is 3. The molecule has 0 spiro atoms. The van der Waals surface area contributed by atoms with Crippen LogP contribution in [0.2, 0.25) is 0 Å². The van der Waals surface area contributed by atoms with E-state index in [2.05, 4.69) is 176 Å². The second kappa shape index (κ2) is 16.5. The van der Waals surface area contributed by atoms with E-state index in [0.717, 1.165) is 73.3 Å². The first-order valence-corrected chi connectivity index (χ1v) is 20.0. The lowest BCUT2D eigenvalue weighted by molar-refractivity contribution is 1.06. The zero-order valence-electron chi connectivity index (χ0n) is 33.2. The third-order valence-corrected chi connectivity index (χ3v) is 11.0. The third-order valence-electron chi connectivity index (χ3n) is 11.0. The van der Waals surface area contributed by atoms with Gasteiger partial charge in [-0.25, -0.2) is 15.0 Å². The summed E-state index contributed by atoms with van der Waals surface area (Å²) in [7, 11) is 0. The molecule has 1 aromatic heterocycles. The number of benzene rings is 7. The van der Waals surface area contributed by atoms with Crippen LogP contribution >= 0.6 is 0 Å². The predicted molar refractivity (Wildman–Crippen MR) is 250 cm³/mol. The molecule has 5 heteroatoms. The summed E-state index contributed by atoms with van der Waals surface area (Å²) >= 11 is 0. The first kappa shape index (κ1) is 37.1. The molecule has 0 atom stereocenters. The summed E-state index contributed by atoms with van der Waals surface area (Å²) in [5, 5.41) is 4.67. The Morgan fingerprint density at radius 2 is 1.29 bits per heavy atom. The maximum atomic E-state index is 5.32. The normalized spacial score (nSPS) is 12.6. The van der Waals surface area contributed by atoms with Gasteiger partial charge in [0.05, 0.1) is 23.4 Å². The molecule has 0 saturated carbocycles. The molecule has 1 aliphatic rings. The van der Waals surface area contributed by atoms with Crippen LogP contribution in [-0.4, -0.2) is 29.9 Å². The van der Waals surface area contributed by atoms with Crippen LogP contribution in [-0.2, 0) is 6.54 Å². The van der Waals surface area contributed by atoms with E-state index in [-0.39, 0.29) is 0 Å². The Bertz CT molecular complexity index is 2920. The van der Waals surface area contributed by atoms with Crippen LogP contribution in [0.4, 0.5) is 5.69 Å². The third kappa shape index (κ3) is 7.79. The standard InChI is InChI=1S/C54H43N5/c1-36-14-10-11-20-47(36)49-22-12-21-48(37(49)2)45-32-38(33-46(34-45)50-30-29-42-26-25-41-19-13-31-56-51(41)52(42)58-50)35-57-54(59-53(55-3)43-17-8-5-9-18-43)44-27-23-40(24-28-44)39-15-6-4-7-16-39/h4-30,32-34,56H,3,31,35H2,1-2H3/b57-54-,59-53-. The maximum Gasteiger partial charge on any atom is 0.161 e. The van der Waals surface area contributed by atoms with E-state index >= 15 is 0 Å². The van der Waals surface area contributed by atoms with Crippen molar-refractivity contribution in [3.05, 3.63) is 209 Å². The topological polar surface area (TPSA) is 62.0 Å². The summed E-state index contributed by atoms with van der Waals surface area (Å²) in [5.74, 6) is 1.09. The van der Waals surface area contributed by atoms with Crippen molar-refractivity contribution >= 4 is 41.1 Å². The van der Waals surface area contributed by atoms with Gasteiger partial charge in [0.15, 0.2) is 11.7 Å². The Balaban J connectivity index is 1.19. The van der Waals surface area contributed by atoms with Crippen molar-refractivity contribution in [1.82, 2.24) is 4.98 Å². The zero-order valence-corrected chi connectivity index (χ0v) is 33.2.